The highest BCUT2D eigenvalue weighted by Crippen LogP contribution is 2.27. The Morgan fingerprint density at radius 1 is 1.07 bits per heavy atom. The summed E-state index contributed by atoms with van der Waals surface area (Å²) >= 11 is 0. The van der Waals surface area contributed by atoms with Crippen molar-refractivity contribution in [2.45, 2.75) is 18.8 Å². The quantitative estimate of drug-likeness (QED) is 0.676. The predicted octanol–water partition coefficient (Wildman–Crippen LogP) is 3.08. The van der Waals surface area contributed by atoms with E-state index in [0.29, 0.717) is 12.2 Å². The normalized spacial score (nSPS) is 16.9. The van der Waals surface area contributed by atoms with Crippen LogP contribution in [0.3, 0.4) is 0 Å². The molecule has 7 nitrogen and oxygen atoms in total. The average Bonchev–Trinajstić information content (AvgIpc) is 2.76. The van der Waals surface area contributed by atoms with Crippen molar-refractivity contribution < 1.29 is 9.18 Å². The Hall–Kier alpha value is -3.39. The van der Waals surface area contributed by atoms with Gasteiger partial charge in [-0.15, -0.1) is 0 Å². The van der Waals surface area contributed by atoms with Gasteiger partial charge in [0.15, 0.2) is 0 Å². The van der Waals surface area contributed by atoms with Crippen LogP contribution in [0.5, 0.6) is 0 Å². The maximum atomic E-state index is 13.0. The first-order chi connectivity index (χ1) is 14.6. The van der Waals surface area contributed by atoms with Crippen molar-refractivity contribution >= 4 is 17.5 Å². The zero-order valence-corrected chi connectivity index (χ0v) is 16.5. The first kappa shape index (κ1) is 19.9. The Morgan fingerprint density at radius 2 is 1.80 bits per heavy atom. The van der Waals surface area contributed by atoms with Crippen molar-refractivity contribution in [2.75, 3.05) is 30.7 Å². The Kier molecular flexibility index (Phi) is 5.94. The third kappa shape index (κ3) is 4.96. The van der Waals surface area contributed by atoms with Crippen molar-refractivity contribution in [3.63, 3.8) is 0 Å². The lowest BCUT2D eigenvalue weighted by Crippen LogP contribution is -2.40. The van der Waals surface area contributed by atoms with Crippen LogP contribution in [0.25, 0.3) is 11.1 Å². The van der Waals surface area contributed by atoms with Crippen LogP contribution < -0.4 is 11.1 Å². The molecule has 0 bridgehead atoms. The van der Waals surface area contributed by atoms with E-state index in [2.05, 4.69) is 25.2 Å². The van der Waals surface area contributed by atoms with E-state index in [1.807, 2.05) is 18.3 Å². The molecule has 1 amide bonds. The van der Waals surface area contributed by atoms with Crippen molar-refractivity contribution in [1.29, 1.82) is 0 Å². The molecule has 0 radical (unpaired) electrons. The summed E-state index contributed by atoms with van der Waals surface area (Å²) in [6.45, 7) is 1.94. The number of carbonyl (C=O) groups excluding carboxylic acids is 1. The van der Waals surface area contributed by atoms with Gasteiger partial charge in [0.25, 0.3) is 0 Å². The minimum Gasteiger partial charge on any atom is -0.368 e. The minimum absolute atomic E-state index is 0.103. The number of aromatic nitrogens is 3. The molecule has 0 saturated carbocycles. The van der Waals surface area contributed by atoms with Crippen molar-refractivity contribution in [1.82, 2.24) is 19.9 Å². The highest BCUT2D eigenvalue weighted by Gasteiger charge is 2.23. The smallest absolute Gasteiger partial charge is 0.238 e. The van der Waals surface area contributed by atoms with Crippen molar-refractivity contribution in [3.05, 3.63) is 66.5 Å². The van der Waals surface area contributed by atoms with Gasteiger partial charge in [-0.2, -0.15) is 0 Å². The first-order valence-electron chi connectivity index (χ1n) is 9.88. The Balaban J connectivity index is 1.35. The molecule has 1 fully saturated rings. The summed E-state index contributed by atoms with van der Waals surface area (Å²) in [6.07, 6.45) is 7.23. The molecule has 0 unspecified atom stereocenters. The molecule has 1 aromatic carbocycles. The molecule has 3 heterocycles. The molecule has 3 N–H and O–H groups in total. The summed E-state index contributed by atoms with van der Waals surface area (Å²) in [7, 11) is 0. The van der Waals surface area contributed by atoms with Crippen LogP contribution in [-0.2, 0) is 4.79 Å². The maximum absolute atomic E-state index is 13.0. The fourth-order valence-electron chi connectivity index (χ4n) is 3.68. The molecule has 1 atom stereocenters. The Bertz CT molecular complexity index is 992. The van der Waals surface area contributed by atoms with E-state index in [1.165, 1.54) is 12.1 Å². The molecule has 1 saturated heterocycles. The molecule has 1 aliphatic heterocycles. The van der Waals surface area contributed by atoms with E-state index in [9.17, 15) is 9.18 Å². The number of anilines is 2. The number of nitrogen functional groups attached to an aromatic ring is 1. The summed E-state index contributed by atoms with van der Waals surface area (Å²) in [5.74, 6) is 0.0893. The third-order valence-corrected chi connectivity index (χ3v) is 5.21. The number of pyridine rings is 1. The summed E-state index contributed by atoms with van der Waals surface area (Å²) < 4.78 is 13.0. The highest BCUT2D eigenvalue weighted by atomic mass is 19.1. The van der Waals surface area contributed by atoms with E-state index >= 15 is 0 Å². The topological polar surface area (TPSA) is 97.0 Å². The molecular formula is C22H23FN6O. The van der Waals surface area contributed by atoms with E-state index in [-0.39, 0.29) is 23.6 Å². The number of carbonyl (C=O) groups is 1. The largest absolute Gasteiger partial charge is 0.368 e. The SMILES string of the molecule is Nc1ncc(-c2ccc([C@H]3CCCN(CC(=O)Nc4ccc(F)cc4)C3)nc2)cn1. The Labute approximate surface area is 174 Å². The van der Waals surface area contributed by atoms with Crippen LogP contribution in [-0.4, -0.2) is 45.4 Å². The van der Waals surface area contributed by atoms with Crippen LogP contribution in [0.1, 0.15) is 24.5 Å². The van der Waals surface area contributed by atoms with Gasteiger partial charge in [-0.1, -0.05) is 6.07 Å². The molecule has 3 aromatic rings. The second-order valence-corrected chi connectivity index (χ2v) is 7.43. The lowest BCUT2D eigenvalue weighted by Gasteiger charge is -2.32. The van der Waals surface area contributed by atoms with Crippen molar-refractivity contribution in [2.24, 2.45) is 0 Å². The lowest BCUT2D eigenvalue weighted by atomic mass is 9.94. The van der Waals surface area contributed by atoms with Crippen LogP contribution >= 0.6 is 0 Å². The van der Waals surface area contributed by atoms with E-state index in [4.69, 9.17) is 5.73 Å². The second-order valence-electron chi connectivity index (χ2n) is 7.43. The number of rotatable bonds is 5. The zero-order chi connectivity index (χ0) is 20.9. The highest BCUT2D eigenvalue weighted by molar-refractivity contribution is 5.92. The van der Waals surface area contributed by atoms with Crippen LogP contribution in [0, 0.1) is 5.82 Å². The van der Waals surface area contributed by atoms with Gasteiger partial charge in [-0.3, -0.25) is 14.7 Å². The molecule has 8 heteroatoms. The van der Waals surface area contributed by atoms with Gasteiger partial charge in [-0.25, -0.2) is 14.4 Å². The molecule has 1 aliphatic rings. The van der Waals surface area contributed by atoms with Gasteiger partial charge in [-0.05, 0) is 49.7 Å². The number of amides is 1. The minimum atomic E-state index is -0.325. The van der Waals surface area contributed by atoms with Crippen molar-refractivity contribution in [3.8, 4) is 11.1 Å². The number of nitrogens with two attached hydrogens (primary N) is 1. The molecular weight excluding hydrogens is 383 g/mol. The van der Waals surface area contributed by atoms with Gasteiger partial charge < -0.3 is 11.1 Å². The van der Waals surface area contributed by atoms with Gasteiger partial charge >= 0.3 is 0 Å². The number of hydrogen-bond acceptors (Lipinski definition) is 6. The third-order valence-electron chi connectivity index (χ3n) is 5.21. The van der Waals surface area contributed by atoms with Crippen LogP contribution in [0.2, 0.25) is 0 Å². The zero-order valence-electron chi connectivity index (χ0n) is 16.5. The molecule has 2 aromatic heterocycles. The van der Waals surface area contributed by atoms with Gasteiger partial charge in [0.2, 0.25) is 11.9 Å². The molecule has 154 valence electrons. The number of nitrogens with zero attached hydrogens (tertiary/aromatic N) is 4. The van der Waals surface area contributed by atoms with Gasteiger partial charge in [0.05, 0.1) is 6.54 Å². The van der Waals surface area contributed by atoms with Gasteiger partial charge in [0, 0.05) is 53.6 Å². The van der Waals surface area contributed by atoms with E-state index in [0.717, 1.165) is 42.8 Å². The standard InChI is InChI=1S/C22H23FN6O/c23-18-4-6-19(7-5-18)28-21(30)14-29-9-1-2-16(13-29)20-8-3-15(10-25-20)17-11-26-22(24)27-12-17/h3-8,10-12,16H,1-2,9,13-14H2,(H,28,30)(H2,24,26,27)/t16-/m0/s1. The lowest BCUT2D eigenvalue weighted by molar-refractivity contribution is -0.117. The maximum Gasteiger partial charge on any atom is 0.238 e. The molecule has 0 spiro atoms. The summed E-state index contributed by atoms with van der Waals surface area (Å²) in [5, 5.41) is 2.82. The fourth-order valence-corrected chi connectivity index (χ4v) is 3.68. The summed E-state index contributed by atoms with van der Waals surface area (Å²) in [5.41, 5.74) is 8.95. The number of nitrogens with one attached hydrogen (secondary N) is 1. The molecule has 4 rings (SSSR count). The van der Waals surface area contributed by atoms with E-state index in [1.54, 1.807) is 24.5 Å². The molecule has 0 aliphatic carbocycles. The fraction of sp³-hybridized carbons (Fsp3) is 0.273. The second kappa shape index (κ2) is 8.96. The number of benzene rings is 1. The monoisotopic (exact) mass is 406 g/mol. The van der Waals surface area contributed by atoms with Crippen LogP contribution in [0.4, 0.5) is 16.0 Å². The number of likely N-dealkylation sites (tertiary alicyclic amines) is 1. The summed E-state index contributed by atoms with van der Waals surface area (Å²) in [6, 6.07) is 9.82. The van der Waals surface area contributed by atoms with Crippen LogP contribution in [0.15, 0.2) is 55.0 Å². The Morgan fingerprint density at radius 3 is 2.50 bits per heavy atom. The first-order valence-corrected chi connectivity index (χ1v) is 9.88. The predicted molar refractivity (Wildman–Crippen MR) is 113 cm³/mol. The summed E-state index contributed by atoms with van der Waals surface area (Å²) in [4.78, 5) is 27.2. The number of piperidine rings is 1. The average molecular weight is 406 g/mol. The van der Waals surface area contributed by atoms with E-state index < -0.39 is 0 Å². The number of hydrogen-bond donors (Lipinski definition) is 2. The molecule has 30 heavy (non-hydrogen) atoms. The number of halogens is 1. The van der Waals surface area contributed by atoms with Gasteiger partial charge in [0.1, 0.15) is 5.82 Å².